The number of benzene rings is 1. The van der Waals surface area contributed by atoms with Gasteiger partial charge >= 0.3 is 0 Å². The molecule has 1 amide bonds. The molecule has 0 aliphatic rings. The molecule has 0 unspecified atom stereocenters. The number of nitrogen functional groups attached to an aromatic ring is 1. The van der Waals surface area contributed by atoms with Gasteiger partial charge in [0.15, 0.2) is 0 Å². The van der Waals surface area contributed by atoms with Crippen molar-refractivity contribution in [3.63, 3.8) is 0 Å². The minimum Gasteiger partial charge on any atom is -0.397 e. The quantitative estimate of drug-likeness (QED) is 0.587. The molecule has 106 valence electrons. The van der Waals surface area contributed by atoms with Gasteiger partial charge in [0.2, 0.25) is 5.91 Å². The smallest absolute Gasteiger partial charge is 0.224 e. The highest BCUT2D eigenvalue weighted by Crippen LogP contribution is 2.17. The lowest BCUT2D eigenvalue weighted by atomic mass is 10.1. The van der Waals surface area contributed by atoms with Crippen molar-refractivity contribution < 1.29 is 9.53 Å². The van der Waals surface area contributed by atoms with Crippen LogP contribution in [-0.2, 0) is 9.53 Å². The van der Waals surface area contributed by atoms with Gasteiger partial charge in [-0.25, -0.2) is 0 Å². The van der Waals surface area contributed by atoms with Crippen molar-refractivity contribution in [3.8, 4) is 0 Å². The first-order chi connectivity index (χ1) is 8.94. The Kier molecular flexibility index (Phi) is 5.83. The third-order valence-electron chi connectivity index (χ3n) is 3.13. The van der Waals surface area contributed by atoms with Crippen LogP contribution in [-0.4, -0.2) is 18.1 Å². The van der Waals surface area contributed by atoms with Crippen molar-refractivity contribution in [2.45, 2.75) is 45.6 Å². The van der Waals surface area contributed by atoms with Crippen molar-refractivity contribution in [1.29, 1.82) is 0 Å². The summed E-state index contributed by atoms with van der Waals surface area (Å²) in [5.74, 6) is -0.0317. The van der Waals surface area contributed by atoms with E-state index in [4.69, 9.17) is 10.5 Å². The molecule has 3 N–H and O–H groups in total. The third-order valence-corrected chi connectivity index (χ3v) is 3.13. The summed E-state index contributed by atoms with van der Waals surface area (Å²) in [4.78, 5) is 11.7. The van der Waals surface area contributed by atoms with Crippen LogP contribution in [0.15, 0.2) is 24.3 Å². The number of nitrogens with two attached hydrogens (primary N) is 1. The van der Waals surface area contributed by atoms with Crippen LogP contribution in [0.4, 0.5) is 11.4 Å². The Bertz CT molecular complexity index is 416. The zero-order valence-corrected chi connectivity index (χ0v) is 12.0. The molecule has 1 aromatic carbocycles. The molecule has 4 heteroatoms. The number of anilines is 2. The van der Waals surface area contributed by atoms with Crippen molar-refractivity contribution in [1.82, 2.24) is 0 Å². The normalized spacial score (nSPS) is 11.3. The lowest BCUT2D eigenvalue weighted by Gasteiger charge is -2.23. The Morgan fingerprint density at radius 2 is 2.05 bits per heavy atom. The van der Waals surface area contributed by atoms with Crippen LogP contribution in [0.1, 0.15) is 40.0 Å². The molecule has 0 atom stereocenters. The molecular weight excluding hydrogens is 240 g/mol. The first-order valence-corrected chi connectivity index (χ1v) is 6.73. The first-order valence-electron chi connectivity index (χ1n) is 6.73. The molecule has 1 rings (SSSR count). The fourth-order valence-corrected chi connectivity index (χ4v) is 1.51. The number of hydrogen-bond acceptors (Lipinski definition) is 3. The molecule has 0 saturated heterocycles. The summed E-state index contributed by atoms with van der Waals surface area (Å²) in [6, 6.07) is 7.25. The third kappa shape index (κ3) is 5.75. The highest BCUT2D eigenvalue weighted by Gasteiger charge is 2.14. The van der Waals surface area contributed by atoms with Crippen LogP contribution in [0.2, 0.25) is 0 Å². The molecule has 4 nitrogen and oxygen atoms in total. The van der Waals surface area contributed by atoms with E-state index in [-0.39, 0.29) is 11.5 Å². The monoisotopic (exact) mass is 264 g/mol. The minimum absolute atomic E-state index is 0.0317. The van der Waals surface area contributed by atoms with E-state index in [1.165, 1.54) is 0 Å². The van der Waals surface area contributed by atoms with Crippen molar-refractivity contribution in [2.75, 3.05) is 17.7 Å². The number of nitrogens with one attached hydrogen (secondary N) is 1. The predicted molar refractivity (Wildman–Crippen MR) is 79.0 cm³/mol. The van der Waals surface area contributed by atoms with E-state index in [2.05, 4.69) is 26.1 Å². The summed E-state index contributed by atoms with van der Waals surface area (Å²) in [6.45, 7) is 6.79. The zero-order chi connectivity index (χ0) is 14.3. The maximum absolute atomic E-state index is 11.7. The SMILES string of the molecule is CCC(C)(C)OCCCC(=O)Nc1ccccc1N. The van der Waals surface area contributed by atoms with Gasteiger partial charge in [-0.15, -0.1) is 0 Å². The Hall–Kier alpha value is -1.55. The Morgan fingerprint density at radius 3 is 2.68 bits per heavy atom. The van der Waals surface area contributed by atoms with E-state index in [0.717, 1.165) is 6.42 Å². The fraction of sp³-hybridized carbons (Fsp3) is 0.533. The zero-order valence-electron chi connectivity index (χ0n) is 12.0. The summed E-state index contributed by atoms with van der Waals surface area (Å²) in [5.41, 5.74) is 6.90. The van der Waals surface area contributed by atoms with Gasteiger partial charge in [-0.05, 0) is 38.8 Å². The second-order valence-corrected chi connectivity index (χ2v) is 5.20. The van der Waals surface area contributed by atoms with Crippen LogP contribution < -0.4 is 11.1 Å². The van der Waals surface area contributed by atoms with Crippen LogP contribution in [0.3, 0.4) is 0 Å². The van der Waals surface area contributed by atoms with Gasteiger partial charge in [-0.3, -0.25) is 4.79 Å². The molecule has 0 saturated carbocycles. The summed E-state index contributed by atoms with van der Waals surface area (Å²) in [5, 5.41) is 2.80. The number of rotatable bonds is 7. The molecule has 0 aromatic heterocycles. The second kappa shape index (κ2) is 7.14. The van der Waals surface area contributed by atoms with Crippen LogP contribution in [0.5, 0.6) is 0 Å². The topological polar surface area (TPSA) is 64.3 Å². The fourth-order valence-electron chi connectivity index (χ4n) is 1.51. The number of carbonyl (C=O) groups excluding carboxylic acids is 1. The van der Waals surface area contributed by atoms with E-state index in [1.807, 2.05) is 12.1 Å². The minimum atomic E-state index is -0.111. The van der Waals surface area contributed by atoms with Crippen molar-refractivity contribution in [2.24, 2.45) is 0 Å². The van der Waals surface area contributed by atoms with Crippen LogP contribution in [0, 0.1) is 0 Å². The van der Waals surface area contributed by atoms with Crippen LogP contribution >= 0.6 is 0 Å². The van der Waals surface area contributed by atoms with E-state index in [0.29, 0.717) is 30.8 Å². The lowest BCUT2D eigenvalue weighted by molar-refractivity contribution is -0.117. The van der Waals surface area contributed by atoms with Gasteiger partial charge in [-0.1, -0.05) is 19.1 Å². The standard InChI is InChI=1S/C15H24N2O2/c1-4-15(2,3)19-11-7-10-14(18)17-13-9-6-5-8-12(13)16/h5-6,8-9H,4,7,10-11,16H2,1-3H3,(H,17,18). The summed E-state index contributed by atoms with van der Waals surface area (Å²) < 4.78 is 5.70. The maximum Gasteiger partial charge on any atom is 0.224 e. The summed E-state index contributed by atoms with van der Waals surface area (Å²) >= 11 is 0. The molecule has 0 fully saturated rings. The summed E-state index contributed by atoms with van der Waals surface area (Å²) in [6.07, 6.45) is 2.11. The molecule has 0 spiro atoms. The van der Waals surface area contributed by atoms with Crippen molar-refractivity contribution in [3.05, 3.63) is 24.3 Å². The molecule has 19 heavy (non-hydrogen) atoms. The van der Waals surface area contributed by atoms with Gasteiger partial charge in [0.1, 0.15) is 0 Å². The predicted octanol–water partition coefficient (Wildman–Crippen LogP) is 3.19. The Morgan fingerprint density at radius 1 is 1.37 bits per heavy atom. The van der Waals surface area contributed by atoms with Crippen LogP contribution in [0.25, 0.3) is 0 Å². The molecule has 0 heterocycles. The lowest BCUT2D eigenvalue weighted by Crippen LogP contribution is -2.24. The van der Waals surface area contributed by atoms with Gasteiger partial charge in [0.25, 0.3) is 0 Å². The van der Waals surface area contributed by atoms with Gasteiger partial charge in [-0.2, -0.15) is 0 Å². The maximum atomic E-state index is 11.7. The number of ether oxygens (including phenoxy) is 1. The number of amides is 1. The highest BCUT2D eigenvalue weighted by molar-refractivity contribution is 5.93. The average Bonchev–Trinajstić information content (AvgIpc) is 2.38. The molecule has 0 radical (unpaired) electrons. The molecule has 0 aliphatic heterocycles. The first kappa shape index (κ1) is 15.5. The van der Waals surface area contributed by atoms with Gasteiger partial charge < -0.3 is 15.8 Å². The van der Waals surface area contributed by atoms with Gasteiger partial charge in [0.05, 0.1) is 17.0 Å². The average molecular weight is 264 g/mol. The largest absolute Gasteiger partial charge is 0.397 e. The molecule has 1 aromatic rings. The number of para-hydroxylation sites is 2. The second-order valence-electron chi connectivity index (χ2n) is 5.20. The molecule has 0 aliphatic carbocycles. The Labute approximate surface area is 115 Å². The number of hydrogen-bond donors (Lipinski definition) is 2. The van der Waals surface area contributed by atoms with E-state index < -0.39 is 0 Å². The van der Waals surface area contributed by atoms with E-state index in [9.17, 15) is 4.79 Å². The van der Waals surface area contributed by atoms with Gasteiger partial charge in [0, 0.05) is 13.0 Å². The molecule has 0 bridgehead atoms. The molecular formula is C15H24N2O2. The number of carbonyl (C=O) groups is 1. The summed E-state index contributed by atoms with van der Waals surface area (Å²) in [7, 11) is 0. The van der Waals surface area contributed by atoms with E-state index in [1.54, 1.807) is 12.1 Å². The van der Waals surface area contributed by atoms with E-state index >= 15 is 0 Å². The van der Waals surface area contributed by atoms with Crippen molar-refractivity contribution >= 4 is 17.3 Å². The highest BCUT2D eigenvalue weighted by atomic mass is 16.5. The Balaban J connectivity index is 2.28.